The fraction of sp³-hybridized carbons (Fsp3) is 0.444. The van der Waals surface area contributed by atoms with Crippen LogP contribution < -0.4 is 10.0 Å². The van der Waals surface area contributed by atoms with Crippen LogP contribution in [0, 0.1) is 0 Å². The summed E-state index contributed by atoms with van der Waals surface area (Å²) < 4.78 is 67.7. The van der Waals surface area contributed by atoms with Crippen molar-refractivity contribution in [1.82, 2.24) is 10.0 Å². The van der Waals surface area contributed by atoms with Gasteiger partial charge in [-0.05, 0) is 18.4 Å². The van der Waals surface area contributed by atoms with Crippen LogP contribution in [0.2, 0.25) is 0 Å². The second kappa shape index (κ2) is 9.88. The van der Waals surface area contributed by atoms with Gasteiger partial charge in [-0.2, -0.15) is 13.2 Å². The average molecular weight is 434 g/mol. The van der Waals surface area contributed by atoms with Crippen molar-refractivity contribution in [3.63, 3.8) is 0 Å². The number of hydrogen-bond acceptors (Lipinski definition) is 5. The third kappa shape index (κ3) is 8.24. The van der Waals surface area contributed by atoms with Crippen molar-refractivity contribution in [3.8, 4) is 0 Å². The first-order valence-electron chi connectivity index (χ1n) is 8.78. The summed E-state index contributed by atoms with van der Waals surface area (Å²) in [6.07, 6.45) is -1.70. The molecule has 0 aromatic heterocycles. The molecule has 1 amide bonds. The van der Waals surface area contributed by atoms with Crippen molar-refractivity contribution in [2.75, 3.05) is 12.4 Å². The zero-order valence-electron chi connectivity index (χ0n) is 15.3. The van der Waals surface area contributed by atoms with Crippen LogP contribution in [0.25, 0.3) is 0 Å². The summed E-state index contributed by atoms with van der Waals surface area (Å²) in [7, 11) is -4.79. The molecule has 2 rings (SSSR count). The van der Waals surface area contributed by atoms with Crippen LogP contribution in [0.3, 0.4) is 0 Å². The molecule has 1 aliphatic heterocycles. The molecule has 0 aliphatic carbocycles. The third-order valence-electron chi connectivity index (χ3n) is 3.97. The number of benzene rings is 1. The lowest BCUT2D eigenvalue weighted by molar-refractivity contribution is -0.147. The Hall–Kier alpha value is -2.40. The van der Waals surface area contributed by atoms with Crippen LogP contribution in [-0.4, -0.2) is 44.9 Å². The number of cyclic esters (lactones) is 1. The van der Waals surface area contributed by atoms with Crippen LogP contribution in [0.4, 0.5) is 13.2 Å². The highest BCUT2D eigenvalue weighted by Crippen LogP contribution is 2.18. The number of nitrogens with one attached hydrogen (secondary N) is 2. The number of rotatable bonds is 4. The fourth-order valence-electron chi connectivity index (χ4n) is 2.67. The first-order chi connectivity index (χ1) is 13.6. The maximum Gasteiger partial charge on any atom is 0.404 e. The monoisotopic (exact) mass is 434 g/mol. The second-order valence-corrected chi connectivity index (χ2v) is 8.21. The number of amides is 1. The van der Waals surface area contributed by atoms with E-state index in [1.165, 1.54) is 6.08 Å². The summed E-state index contributed by atoms with van der Waals surface area (Å²) in [6, 6.07) is 6.48. The molecule has 7 nitrogen and oxygen atoms in total. The van der Waals surface area contributed by atoms with E-state index in [0.717, 1.165) is 0 Å². The number of allylic oxidation sites excluding steroid dienone is 1. The highest BCUT2D eigenvalue weighted by Gasteiger charge is 2.37. The van der Waals surface area contributed by atoms with Crippen molar-refractivity contribution in [3.05, 3.63) is 48.0 Å². The van der Waals surface area contributed by atoms with Gasteiger partial charge in [-0.3, -0.25) is 9.59 Å². The molecule has 0 saturated carbocycles. The molecule has 11 heteroatoms. The number of halogens is 3. The van der Waals surface area contributed by atoms with Gasteiger partial charge in [0.25, 0.3) is 0 Å². The standard InChI is InChI=1S/C18H21F3N2O5S/c19-18(20,21)12-29(26,27)23-14-9-5-2-6-10-16(24)22-15(11-28-17(14)25)13-7-3-1-4-8-13/h1-5,7-8,14-15,23H,6,9-12H2,(H,22,24)/t14-,15+/m1/s1. The van der Waals surface area contributed by atoms with Crippen molar-refractivity contribution in [2.45, 2.75) is 37.5 Å². The summed E-state index contributed by atoms with van der Waals surface area (Å²) in [5.74, 6) is -3.39. The average Bonchev–Trinajstić information content (AvgIpc) is 2.61. The number of carbonyl (C=O) groups is 2. The largest absolute Gasteiger partial charge is 0.462 e. The van der Waals surface area contributed by atoms with Gasteiger partial charge in [0.05, 0.1) is 6.04 Å². The Morgan fingerprint density at radius 3 is 2.48 bits per heavy atom. The Morgan fingerprint density at radius 1 is 1.14 bits per heavy atom. The Morgan fingerprint density at radius 2 is 1.83 bits per heavy atom. The first-order valence-corrected chi connectivity index (χ1v) is 10.4. The van der Waals surface area contributed by atoms with E-state index in [9.17, 15) is 31.2 Å². The number of esters is 1. The molecule has 0 fully saturated rings. The lowest BCUT2D eigenvalue weighted by atomic mass is 10.1. The van der Waals surface area contributed by atoms with Crippen molar-refractivity contribution >= 4 is 21.9 Å². The number of alkyl halides is 3. The fourth-order valence-corrected chi connectivity index (χ4v) is 3.81. The van der Waals surface area contributed by atoms with Crippen LogP contribution in [0.15, 0.2) is 42.5 Å². The van der Waals surface area contributed by atoms with Gasteiger partial charge in [-0.15, -0.1) is 0 Å². The van der Waals surface area contributed by atoms with E-state index in [-0.39, 0.29) is 25.4 Å². The molecular formula is C18H21F3N2O5S. The second-order valence-electron chi connectivity index (χ2n) is 6.45. The lowest BCUT2D eigenvalue weighted by Gasteiger charge is -2.22. The molecular weight excluding hydrogens is 413 g/mol. The molecule has 1 aromatic rings. The molecule has 2 N–H and O–H groups in total. The maximum atomic E-state index is 12.5. The van der Waals surface area contributed by atoms with E-state index in [0.29, 0.717) is 12.0 Å². The minimum Gasteiger partial charge on any atom is -0.462 e. The minimum atomic E-state index is -4.94. The molecule has 1 aliphatic rings. The van der Waals surface area contributed by atoms with Gasteiger partial charge in [-0.1, -0.05) is 42.5 Å². The SMILES string of the molecule is O=C1CCC=CC[C@@H](NS(=O)(=O)CC(F)(F)F)C(=O)OC[C@@H](c2ccccc2)N1. The lowest BCUT2D eigenvalue weighted by Crippen LogP contribution is -2.45. The summed E-state index contributed by atoms with van der Waals surface area (Å²) in [6.45, 7) is -0.296. The summed E-state index contributed by atoms with van der Waals surface area (Å²) >= 11 is 0. The minimum absolute atomic E-state index is 0.151. The zero-order valence-corrected chi connectivity index (χ0v) is 16.1. The van der Waals surface area contributed by atoms with Gasteiger partial charge in [0.2, 0.25) is 15.9 Å². The predicted octanol–water partition coefficient (Wildman–Crippen LogP) is 1.98. The van der Waals surface area contributed by atoms with Gasteiger partial charge in [-0.25, -0.2) is 13.1 Å². The number of sulfonamides is 1. The summed E-state index contributed by atoms with van der Waals surface area (Å²) in [4.78, 5) is 24.4. The molecule has 160 valence electrons. The summed E-state index contributed by atoms with van der Waals surface area (Å²) in [5, 5.41) is 2.73. The highest BCUT2D eigenvalue weighted by molar-refractivity contribution is 7.89. The van der Waals surface area contributed by atoms with Gasteiger partial charge in [0, 0.05) is 6.42 Å². The molecule has 0 spiro atoms. The van der Waals surface area contributed by atoms with E-state index in [4.69, 9.17) is 4.74 Å². The quantitative estimate of drug-likeness (QED) is 0.558. The van der Waals surface area contributed by atoms with Crippen LogP contribution >= 0.6 is 0 Å². The Balaban J connectivity index is 2.18. The van der Waals surface area contributed by atoms with E-state index in [1.54, 1.807) is 41.1 Å². The highest BCUT2D eigenvalue weighted by atomic mass is 32.2. The molecule has 0 radical (unpaired) electrons. The van der Waals surface area contributed by atoms with Gasteiger partial charge in [0.15, 0.2) is 5.75 Å². The maximum absolute atomic E-state index is 12.5. The van der Waals surface area contributed by atoms with Gasteiger partial charge >= 0.3 is 12.1 Å². The van der Waals surface area contributed by atoms with E-state index >= 15 is 0 Å². The molecule has 2 atom stereocenters. The topological polar surface area (TPSA) is 102 Å². The smallest absolute Gasteiger partial charge is 0.404 e. The number of carbonyl (C=O) groups excluding carboxylic acids is 2. The molecule has 29 heavy (non-hydrogen) atoms. The Kier molecular flexibility index (Phi) is 7.80. The van der Waals surface area contributed by atoms with E-state index in [1.807, 2.05) is 0 Å². The molecule has 0 unspecified atom stereocenters. The normalized spacial score (nSPS) is 22.2. The van der Waals surface area contributed by atoms with E-state index in [2.05, 4.69) is 5.32 Å². The van der Waals surface area contributed by atoms with Gasteiger partial charge < -0.3 is 10.1 Å². The van der Waals surface area contributed by atoms with Crippen LogP contribution in [0.5, 0.6) is 0 Å². The number of hydrogen-bond donors (Lipinski definition) is 2. The molecule has 1 heterocycles. The van der Waals surface area contributed by atoms with Crippen LogP contribution in [-0.2, 0) is 24.3 Å². The van der Waals surface area contributed by atoms with Crippen molar-refractivity contribution < 1.29 is 35.9 Å². The van der Waals surface area contributed by atoms with Crippen molar-refractivity contribution in [1.29, 1.82) is 0 Å². The first kappa shape index (κ1) is 22.9. The summed E-state index contributed by atoms with van der Waals surface area (Å²) in [5.41, 5.74) is 0.662. The molecule has 0 bridgehead atoms. The Bertz CT molecular complexity index is 841. The van der Waals surface area contributed by atoms with Gasteiger partial charge in [0.1, 0.15) is 12.6 Å². The zero-order chi connectivity index (χ0) is 21.5. The molecule has 0 saturated heterocycles. The number of ether oxygens (including phenoxy) is 1. The predicted molar refractivity (Wildman–Crippen MR) is 98.0 cm³/mol. The van der Waals surface area contributed by atoms with Crippen LogP contribution in [0.1, 0.15) is 30.9 Å². The molecule has 1 aromatic carbocycles. The Labute approximate surface area is 166 Å². The van der Waals surface area contributed by atoms with E-state index < -0.39 is 40.0 Å². The van der Waals surface area contributed by atoms with Crippen molar-refractivity contribution in [2.24, 2.45) is 0 Å². The third-order valence-corrected chi connectivity index (χ3v) is 5.32.